The predicted molar refractivity (Wildman–Crippen MR) is 77.2 cm³/mol. The van der Waals surface area contributed by atoms with Crippen molar-refractivity contribution in [2.45, 2.75) is 20.3 Å². The fourth-order valence-electron chi connectivity index (χ4n) is 1.80. The number of carboxylic acids is 1. The highest BCUT2D eigenvalue weighted by Gasteiger charge is 2.12. The van der Waals surface area contributed by atoms with Crippen molar-refractivity contribution in [2.75, 3.05) is 6.61 Å². The minimum atomic E-state index is -0.873. The summed E-state index contributed by atoms with van der Waals surface area (Å²) < 4.78 is 5.53. The third-order valence-electron chi connectivity index (χ3n) is 2.72. The zero-order valence-electron chi connectivity index (χ0n) is 11.0. The summed E-state index contributed by atoms with van der Waals surface area (Å²) in [7, 11) is 0. The lowest BCUT2D eigenvalue weighted by Crippen LogP contribution is -1.94. The van der Waals surface area contributed by atoms with Crippen LogP contribution in [0.15, 0.2) is 30.3 Å². The van der Waals surface area contributed by atoms with Crippen molar-refractivity contribution in [3.8, 4) is 16.2 Å². The molecule has 0 unspecified atom stereocenters. The van der Waals surface area contributed by atoms with Crippen LogP contribution < -0.4 is 4.74 Å². The molecule has 2 rings (SSSR count). The smallest absolute Gasteiger partial charge is 0.345 e. The molecule has 0 amide bonds. The lowest BCUT2D eigenvalue weighted by molar-refractivity contribution is 0.0702. The number of aromatic carboxylic acids is 1. The summed E-state index contributed by atoms with van der Waals surface area (Å²) in [6.45, 7) is 4.71. The van der Waals surface area contributed by atoms with E-state index in [1.54, 1.807) is 6.07 Å². The molecule has 3 nitrogen and oxygen atoms in total. The number of benzene rings is 1. The van der Waals surface area contributed by atoms with Crippen LogP contribution in [0.1, 0.15) is 28.6 Å². The number of carbonyl (C=O) groups is 1. The van der Waals surface area contributed by atoms with Gasteiger partial charge in [0.2, 0.25) is 0 Å². The summed E-state index contributed by atoms with van der Waals surface area (Å²) in [5.74, 6) is -0.0273. The number of carboxylic acid groups (broad SMARTS) is 1. The lowest BCUT2D eigenvalue weighted by atomic mass is 10.1. The van der Waals surface area contributed by atoms with Gasteiger partial charge in [0.1, 0.15) is 10.6 Å². The van der Waals surface area contributed by atoms with Crippen molar-refractivity contribution < 1.29 is 14.6 Å². The molecule has 0 aliphatic carbocycles. The van der Waals surface area contributed by atoms with Crippen molar-refractivity contribution in [2.24, 2.45) is 0 Å². The van der Waals surface area contributed by atoms with Crippen molar-refractivity contribution in [1.82, 2.24) is 0 Å². The van der Waals surface area contributed by atoms with Crippen LogP contribution in [0, 0.1) is 6.92 Å². The summed E-state index contributed by atoms with van der Waals surface area (Å²) in [5, 5.41) is 9.00. The third kappa shape index (κ3) is 3.15. The van der Waals surface area contributed by atoms with Crippen LogP contribution in [-0.2, 0) is 0 Å². The third-order valence-corrected chi connectivity index (χ3v) is 3.99. The van der Waals surface area contributed by atoms with Crippen molar-refractivity contribution in [3.63, 3.8) is 0 Å². The van der Waals surface area contributed by atoms with Gasteiger partial charge >= 0.3 is 5.97 Å². The fraction of sp³-hybridized carbons (Fsp3) is 0.267. The second kappa shape index (κ2) is 5.89. The highest BCUT2D eigenvalue weighted by atomic mass is 32.1. The molecule has 19 heavy (non-hydrogen) atoms. The standard InChI is InChI=1S/C15H16O3S/c1-3-8-18-12-6-4-11(5-7-12)14-10(2)9-13(19-14)15(16)17/h4-7,9H,3,8H2,1-2H3,(H,16,17). The van der Waals surface area contributed by atoms with Crippen molar-refractivity contribution >= 4 is 17.3 Å². The maximum Gasteiger partial charge on any atom is 0.345 e. The van der Waals surface area contributed by atoms with Crippen LogP contribution in [-0.4, -0.2) is 17.7 Å². The van der Waals surface area contributed by atoms with E-state index in [1.807, 2.05) is 31.2 Å². The molecule has 0 bridgehead atoms. The maximum atomic E-state index is 11.0. The summed E-state index contributed by atoms with van der Waals surface area (Å²) in [6, 6.07) is 9.49. The van der Waals surface area contributed by atoms with E-state index >= 15 is 0 Å². The van der Waals surface area contributed by atoms with Gasteiger partial charge in [-0.05, 0) is 54.8 Å². The molecule has 0 radical (unpaired) electrons. The average Bonchev–Trinajstić information content (AvgIpc) is 2.79. The number of ether oxygens (including phenoxy) is 1. The Balaban J connectivity index is 2.24. The molecule has 0 atom stereocenters. The molecular weight excluding hydrogens is 260 g/mol. The predicted octanol–water partition coefficient (Wildman–Crippen LogP) is 4.21. The van der Waals surface area contributed by atoms with Crippen molar-refractivity contribution in [1.29, 1.82) is 0 Å². The first-order chi connectivity index (χ1) is 9.11. The van der Waals surface area contributed by atoms with Gasteiger partial charge in [-0.1, -0.05) is 6.92 Å². The van der Waals surface area contributed by atoms with E-state index < -0.39 is 5.97 Å². The SMILES string of the molecule is CCCOc1ccc(-c2sc(C(=O)O)cc2C)cc1. The largest absolute Gasteiger partial charge is 0.494 e. The molecule has 100 valence electrons. The van der Waals surface area contributed by atoms with Gasteiger partial charge in [-0.2, -0.15) is 0 Å². The summed E-state index contributed by atoms with van der Waals surface area (Å²) in [6.07, 6.45) is 0.980. The Morgan fingerprint density at radius 3 is 2.53 bits per heavy atom. The summed E-state index contributed by atoms with van der Waals surface area (Å²) in [4.78, 5) is 12.3. The van der Waals surface area contributed by atoms with Gasteiger partial charge in [0.05, 0.1) is 6.61 Å². The van der Waals surface area contributed by atoms with Gasteiger partial charge < -0.3 is 9.84 Å². The normalized spacial score (nSPS) is 10.4. The molecule has 0 aliphatic rings. The molecule has 4 heteroatoms. The van der Waals surface area contributed by atoms with Crippen LogP contribution >= 0.6 is 11.3 Å². The lowest BCUT2D eigenvalue weighted by Gasteiger charge is -2.05. The quantitative estimate of drug-likeness (QED) is 0.889. The van der Waals surface area contributed by atoms with Gasteiger partial charge in [0.25, 0.3) is 0 Å². The second-order valence-corrected chi connectivity index (χ2v) is 5.35. The van der Waals surface area contributed by atoms with E-state index in [1.165, 1.54) is 11.3 Å². The fourth-order valence-corrected chi connectivity index (χ4v) is 2.81. The Morgan fingerprint density at radius 2 is 2.00 bits per heavy atom. The Morgan fingerprint density at radius 1 is 1.32 bits per heavy atom. The zero-order chi connectivity index (χ0) is 13.8. The van der Waals surface area contributed by atoms with Gasteiger partial charge in [0.15, 0.2) is 0 Å². The zero-order valence-corrected chi connectivity index (χ0v) is 11.8. The molecule has 2 aromatic rings. The van der Waals surface area contributed by atoms with Crippen molar-refractivity contribution in [3.05, 3.63) is 40.8 Å². The van der Waals surface area contributed by atoms with Crippen LogP contribution in [0.3, 0.4) is 0 Å². The molecular formula is C15H16O3S. The van der Waals surface area contributed by atoms with E-state index in [0.29, 0.717) is 11.5 Å². The molecule has 0 spiro atoms. The molecule has 0 saturated heterocycles. The summed E-state index contributed by atoms with van der Waals surface area (Å²) >= 11 is 1.30. The van der Waals surface area contributed by atoms with Crippen LogP contribution in [0.2, 0.25) is 0 Å². The van der Waals surface area contributed by atoms with E-state index in [0.717, 1.165) is 28.2 Å². The van der Waals surface area contributed by atoms with E-state index in [-0.39, 0.29) is 0 Å². The van der Waals surface area contributed by atoms with Crippen LogP contribution in [0.4, 0.5) is 0 Å². The number of hydrogen-bond acceptors (Lipinski definition) is 3. The first-order valence-corrected chi connectivity index (χ1v) is 7.00. The Labute approximate surface area is 116 Å². The molecule has 1 aromatic heterocycles. The van der Waals surface area contributed by atoms with Crippen LogP contribution in [0.25, 0.3) is 10.4 Å². The highest BCUT2D eigenvalue weighted by molar-refractivity contribution is 7.17. The monoisotopic (exact) mass is 276 g/mol. The Kier molecular flexibility index (Phi) is 4.22. The maximum absolute atomic E-state index is 11.0. The Hall–Kier alpha value is -1.81. The molecule has 1 aromatic carbocycles. The number of aryl methyl sites for hydroxylation is 1. The minimum Gasteiger partial charge on any atom is -0.494 e. The van der Waals surface area contributed by atoms with E-state index in [9.17, 15) is 4.79 Å². The van der Waals surface area contributed by atoms with E-state index in [4.69, 9.17) is 9.84 Å². The van der Waals surface area contributed by atoms with Gasteiger partial charge in [-0.15, -0.1) is 11.3 Å². The number of rotatable bonds is 5. The molecule has 0 saturated carbocycles. The first-order valence-electron chi connectivity index (χ1n) is 6.18. The average molecular weight is 276 g/mol. The molecule has 0 fully saturated rings. The topological polar surface area (TPSA) is 46.5 Å². The molecule has 0 aliphatic heterocycles. The Bertz CT molecular complexity index is 570. The van der Waals surface area contributed by atoms with Crippen LogP contribution in [0.5, 0.6) is 5.75 Å². The first kappa shape index (κ1) is 13.6. The van der Waals surface area contributed by atoms with Gasteiger partial charge in [-0.25, -0.2) is 4.79 Å². The summed E-state index contributed by atoms with van der Waals surface area (Å²) in [5.41, 5.74) is 2.02. The highest BCUT2D eigenvalue weighted by Crippen LogP contribution is 2.33. The van der Waals surface area contributed by atoms with E-state index in [2.05, 4.69) is 6.92 Å². The molecule has 1 heterocycles. The number of thiophene rings is 1. The molecule has 1 N–H and O–H groups in total. The second-order valence-electron chi connectivity index (χ2n) is 4.30. The number of hydrogen-bond donors (Lipinski definition) is 1. The minimum absolute atomic E-state index is 0.374. The van der Waals surface area contributed by atoms with Gasteiger partial charge in [0, 0.05) is 4.88 Å². The van der Waals surface area contributed by atoms with Gasteiger partial charge in [-0.3, -0.25) is 0 Å².